The van der Waals surface area contributed by atoms with Crippen LogP contribution in [0, 0.1) is 0 Å². The molecule has 0 amide bonds. The molecule has 0 fully saturated rings. The van der Waals surface area contributed by atoms with Gasteiger partial charge in [-0.15, -0.1) is 0 Å². The van der Waals surface area contributed by atoms with Crippen molar-refractivity contribution >= 4 is 15.8 Å². The van der Waals surface area contributed by atoms with E-state index in [1.54, 1.807) is 18.3 Å². The van der Waals surface area contributed by atoms with Crippen LogP contribution in [0.3, 0.4) is 0 Å². The average molecular weight is 293 g/mol. The zero-order valence-corrected chi connectivity index (χ0v) is 12.5. The molecular formula is C14H19N3O2S. The molecule has 2 rings (SSSR count). The van der Waals surface area contributed by atoms with E-state index in [1.165, 1.54) is 6.26 Å². The molecule has 108 valence electrons. The van der Waals surface area contributed by atoms with E-state index in [0.29, 0.717) is 11.4 Å². The average Bonchev–Trinajstić information content (AvgIpc) is 2.83. The highest BCUT2D eigenvalue weighted by atomic mass is 32.2. The minimum atomic E-state index is -3.13. The number of nitrogens with one attached hydrogen (secondary N) is 1. The van der Waals surface area contributed by atoms with Gasteiger partial charge in [-0.05, 0) is 24.1 Å². The molecule has 1 aromatic heterocycles. The second kappa shape index (κ2) is 6.09. The first-order valence-corrected chi connectivity index (χ1v) is 8.44. The van der Waals surface area contributed by atoms with Crippen LogP contribution in [0.1, 0.15) is 18.9 Å². The van der Waals surface area contributed by atoms with Crippen LogP contribution in [0.15, 0.2) is 41.6 Å². The standard InChI is InChI=1S/C14H19N3O2S/c1-3-8-15-14-16-9-10-17(14)11-12-4-6-13(7-5-12)20(2,18)19/h4-7,9-10H,3,8,11H2,1-2H3,(H,15,16). The smallest absolute Gasteiger partial charge is 0.203 e. The van der Waals surface area contributed by atoms with Crippen molar-refractivity contribution in [1.29, 1.82) is 0 Å². The zero-order chi connectivity index (χ0) is 14.6. The molecule has 0 atom stereocenters. The number of anilines is 1. The van der Waals surface area contributed by atoms with Crippen molar-refractivity contribution in [3.05, 3.63) is 42.2 Å². The molecular weight excluding hydrogens is 274 g/mol. The molecule has 1 heterocycles. The van der Waals surface area contributed by atoms with E-state index in [-0.39, 0.29) is 0 Å². The minimum Gasteiger partial charge on any atom is -0.356 e. The second-order valence-corrected chi connectivity index (χ2v) is 6.74. The van der Waals surface area contributed by atoms with Gasteiger partial charge in [-0.25, -0.2) is 13.4 Å². The summed E-state index contributed by atoms with van der Waals surface area (Å²) in [7, 11) is -3.13. The molecule has 0 aliphatic rings. The molecule has 0 unspecified atom stereocenters. The molecule has 6 heteroatoms. The normalized spacial score (nSPS) is 11.5. The molecule has 0 bridgehead atoms. The van der Waals surface area contributed by atoms with Crippen LogP contribution in [0.25, 0.3) is 0 Å². The molecule has 0 saturated heterocycles. The van der Waals surface area contributed by atoms with Crippen LogP contribution >= 0.6 is 0 Å². The molecule has 1 aromatic carbocycles. The molecule has 0 spiro atoms. The van der Waals surface area contributed by atoms with E-state index in [4.69, 9.17) is 0 Å². The van der Waals surface area contributed by atoms with Crippen LogP contribution in [-0.4, -0.2) is 30.8 Å². The number of aromatic nitrogens is 2. The highest BCUT2D eigenvalue weighted by Gasteiger charge is 2.07. The van der Waals surface area contributed by atoms with E-state index in [0.717, 1.165) is 24.5 Å². The summed E-state index contributed by atoms with van der Waals surface area (Å²) in [5.74, 6) is 0.832. The molecule has 0 radical (unpaired) electrons. The Balaban J connectivity index is 2.12. The van der Waals surface area contributed by atoms with Crippen LogP contribution in [0.5, 0.6) is 0 Å². The summed E-state index contributed by atoms with van der Waals surface area (Å²) in [5, 5.41) is 3.25. The lowest BCUT2D eigenvalue weighted by Crippen LogP contribution is -2.08. The Kier molecular flexibility index (Phi) is 4.44. The summed E-state index contributed by atoms with van der Waals surface area (Å²) in [6, 6.07) is 6.95. The maximum absolute atomic E-state index is 11.4. The van der Waals surface area contributed by atoms with Gasteiger partial charge in [0, 0.05) is 25.2 Å². The van der Waals surface area contributed by atoms with E-state index in [9.17, 15) is 8.42 Å². The van der Waals surface area contributed by atoms with Gasteiger partial charge in [-0.2, -0.15) is 0 Å². The largest absolute Gasteiger partial charge is 0.356 e. The third-order valence-corrected chi connectivity index (χ3v) is 4.08. The monoisotopic (exact) mass is 293 g/mol. The number of hydrogen-bond donors (Lipinski definition) is 1. The topological polar surface area (TPSA) is 64.0 Å². The van der Waals surface area contributed by atoms with E-state index < -0.39 is 9.84 Å². The molecule has 2 aromatic rings. The van der Waals surface area contributed by atoms with Gasteiger partial charge in [0.1, 0.15) is 0 Å². The van der Waals surface area contributed by atoms with Crippen LogP contribution < -0.4 is 5.32 Å². The SMILES string of the molecule is CCCNc1nccn1Cc1ccc(S(C)(=O)=O)cc1. The molecule has 20 heavy (non-hydrogen) atoms. The maximum Gasteiger partial charge on any atom is 0.203 e. The van der Waals surface area contributed by atoms with E-state index in [1.807, 2.05) is 22.9 Å². The summed E-state index contributed by atoms with van der Waals surface area (Å²) in [6.07, 6.45) is 5.91. The van der Waals surface area contributed by atoms with Crippen molar-refractivity contribution < 1.29 is 8.42 Å². The lowest BCUT2D eigenvalue weighted by molar-refractivity contribution is 0.602. The third-order valence-electron chi connectivity index (χ3n) is 2.95. The quantitative estimate of drug-likeness (QED) is 0.886. The Bertz CT molecular complexity index is 660. The van der Waals surface area contributed by atoms with Gasteiger partial charge in [0.25, 0.3) is 0 Å². The predicted molar refractivity (Wildman–Crippen MR) is 79.7 cm³/mol. The number of nitrogens with zero attached hydrogens (tertiary/aromatic N) is 2. The molecule has 0 aliphatic heterocycles. The fourth-order valence-corrected chi connectivity index (χ4v) is 2.51. The first kappa shape index (κ1) is 14.6. The summed E-state index contributed by atoms with van der Waals surface area (Å²) in [6.45, 7) is 3.64. The maximum atomic E-state index is 11.4. The van der Waals surface area contributed by atoms with Crippen molar-refractivity contribution in [3.63, 3.8) is 0 Å². The van der Waals surface area contributed by atoms with Crippen molar-refractivity contribution in [2.75, 3.05) is 18.1 Å². The van der Waals surface area contributed by atoms with Gasteiger partial charge in [0.2, 0.25) is 5.95 Å². The van der Waals surface area contributed by atoms with E-state index >= 15 is 0 Å². The van der Waals surface area contributed by atoms with Crippen LogP contribution in [-0.2, 0) is 16.4 Å². The second-order valence-electron chi connectivity index (χ2n) is 4.72. The zero-order valence-electron chi connectivity index (χ0n) is 11.7. The van der Waals surface area contributed by atoms with Gasteiger partial charge >= 0.3 is 0 Å². The summed E-state index contributed by atoms with van der Waals surface area (Å²) in [5.41, 5.74) is 1.04. The van der Waals surface area contributed by atoms with Crippen molar-refractivity contribution in [2.45, 2.75) is 24.8 Å². The lowest BCUT2D eigenvalue weighted by Gasteiger charge is -2.09. The fraction of sp³-hybridized carbons (Fsp3) is 0.357. The molecule has 0 saturated carbocycles. The van der Waals surface area contributed by atoms with Crippen molar-refractivity contribution in [2.24, 2.45) is 0 Å². The fourth-order valence-electron chi connectivity index (χ4n) is 1.88. The third kappa shape index (κ3) is 3.60. The Hall–Kier alpha value is -1.82. The number of sulfone groups is 1. The number of imidazole rings is 1. The Morgan fingerprint density at radius 1 is 1.25 bits per heavy atom. The Morgan fingerprint density at radius 2 is 1.95 bits per heavy atom. The summed E-state index contributed by atoms with van der Waals surface area (Å²) >= 11 is 0. The Labute approximate surface area is 119 Å². The van der Waals surface area contributed by atoms with Gasteiger partial charge in [-0.1, -0.05) is 19.1 Å². The summed E-state index contributed by atoms with van der Waals surface area (Å²) in [4.78, 5) is 4.61. The first-order valence-electron chi connectivity index (χ1n) is 6.54. The summed E-state index contributed by atoms with van der Waals surface area (Å²) < 4.78 is 24.8. The van der Waals surface area contributed by atoms with Gasteiger partial charge in [-0.3, -0.25) is 0 Å². The van der Waals surface area contributed by atoms with Gasteiger partial charge in [0.05, 0.1) is 11.4 Å². The Morgan fingerprint density at radius 3 is 2.55 bits per heavy atom. The molecule has 0 aliphatic carbocycles. The lowest BCUT2D eigenvalue weighted by atomic mass is 10.2. The first-order chi connectivity index (χ1) is 9.50. The highest BCUT2D eigenvalue weighted by molar-refractivity contribution is 7.90. The number of benzene rings is 1. The van der Waals surface area contributed by atoms with Crippen LogP contribution in [0.2, 0.25) is 0 Å². The molecule has 5 nitrogen and oxygen atoms in total. The predicted octanol–water partition coefficient (Wildman–Crippen LogP) is 2.16. The molecule has 1 N–H and O–H groups in total. The number of hydrogen-bond acceptors (Lipinski definition) is 4. The van der Waals surface area contributed by atoms with Crippen LogP contribution in [0.4, 0.5) is 5.95 Å². The highest BCUT2D eigenvalue weighted by Crippen LogP contribution is 2.13. The van der Waals surface area contributed by atoms with Crippen molar-refractivity contribution in [3.8, 4) is 0 Å². The van der Waals surface area contributed by atoms with Gasteiger partial charge < -0.3 is 9.88 Å². The van der Waals surface area contributed by atoms with Gasteiger partial charge in [0.15, 0.2) is 9.84 Å². The van der Waals surface area contributed by atoms with Crippen molar-refractivity contribution in [1.82, 2.24) is 9.55 Å². The minimum absolute atomic E-state index is 0.344. The number of rotatable bonds is 6. The van der Waals surface area contributed by atoms with E-state index in [2.05, 4.69) is 17.2 Å².